The molecule has 98 valence electrons. The zero-order chi connectivity index (χ0) is 13.2. The van der Waals surface area contributed by atoms with E-state index in [0.717, 1.165) is 11.3 Å². The number of hydrogen-bond acceptors (Lipinski definition) is 4. The van der Waals surface area contributed by atoms with E-state index in [2.05, 4.69) is 0 Å². The van der Waals surface area contributed by atoms with Gasteiger partial charge in [-0.2, -0.15) is 0 Å². The smallest absolute Gasteiger partial charge is 0.330 e. The molecule has 4 nitrogen and oxygen atoms in total. The number of carbonyl (C=O) groups is 1. The minimum Gasteiger partial charge on any atom is -0.490 e. The lowest BCUT2D eigenvalue weighted by Gasteiger charge is -2.04. The molecular formula is C14H18O4. The molecule has 0 amide bonds. The van der Waals surface area contributed by atoms with Crippen molar-refractivity contribution in [3.05, 3.63) is 42.0 Å². The summed E-state index contributed by atoms with van der Waals surface area (Å²) in [6.07, 6.45) is 3.60. The molecule has 0 heterocycles. The zero-order valence-corrected chi connectivity index (χ0v) is 10.5. The predicted molar refractivity (Wildman–Crippen MR) is 68.5 cm³/mol. The average molecular weight is 250 g/mol. The second kappa shape index (κ2) is 8.31. The van der Waals surface area contributed by atoms with Crippen LogP contribution < -0.4 is 4.74 Å². The maximum Gasteiger partial charge on any atom is 0.330 e. The summed E-state index contributed by atoms with van der Waals surface area (Å²) in [4.78, 5) is 11.0. The summed E-state index contributed by atoms with van der Waals surface area (Å²) in [6, 6.07) is 7.48. The van der Waals surface area contributed by atoms with Crippen LogP contribution in [0.15, 0.2) is 36.4 Å². The van der Waals surface area contributed by atoms with Gasteiger partial charge in [-0.25, -0.2) is 4.79 Å². The summed E-state index contributed by atoms with van der Waals surface area (Å²) in [7, 11) is 0. The first-order valence-corrected chi connectivity index (χ1v) is 5.92. The Morgan fingerprint density at radius 1 is 1.33 bits per heavy atom. The summed E-state index contributed by atoms with van der Waals surface area (Å²) < 4.78 is 10.1. The summed E-state index contributed by atoms with van der Waals surface area (Å²) in [5.41, 5.74) is 1.06. The second-order valence-electron chi connectivity index (χ2n) is 3.58. The number of aliphatic hydroxyl groups is 1. The fourth-order valence-electron chi connectivity index (χ4n) is 1.36. The molecule has 0 aliphatic carbocycles. The number of esters is 1. The van der Waals surface area contributed by atoms with Crippen molar-refractivity contribution >= 4 is 5.97 Å². The molecule has 0 radical (unpaired) electrons. The lowest BCUT2D eigenvalue weighted by molar-refractivity contribution is -0.137. The molecule has 18 heavy (non-hydrogen) atoms. The molecule has 0 fully saturated rings. The molecule has 0 spiro atoms. The lowest BCUT2D eigenvalue weighted by Crippen LogP contribution is -2.01. The summed E-state index contributed by atoms with van der Waals surface area (Å²) in [5.74, 6) is 0.365. The van der Waals surface area contributed by atoms with Crippen molar-refractivity contribution in [1.82, 2.24) is 0 Å². The Balaban J connectivity index is 2.33. The number of carbonyl (C=O) groups excluding carboxylic acids is 1. The van der Waals surface area contributed by atoms with Crippen molar-refractivity contribution in [2.75, 3.05) is 19.8 Å². The van der Waals surface area contributed by atoms with Gasteiger partial charge in [0.25, 0.3) is 0 Å². The minimum absolute atomic E-state index is 0.141. The summed E-state index contributed by atoms with van der Waals surface area (Å²) in [5, 5.41) is 8.77. The van der Waals surface area contributed by atoms with Gasteiger partial charge in [0.05, 0.1) is 6.61 Å². The van der Waals surface area contributed by atoms with E-state index in [1.165, 1.54) is 6.08 Å². The van der Waals surface area contributed by atoms with E-state index in [4.69, 9.17) is 14.6 Å². The van der Waals surface area contributed by atoms with E-state index in [0.29, 0.717) is 19.6 Å². The summed E-state index contributed by atoms with van der Waals surface area (Å²) >= 11 is 0. The molecule has 0 saturated carbocycles. The minimum atomic E-state index is -0.362. The molecule has 1 aromatic rings. The molecule has 0 atom stereocenters. The fraction of sp³-hybridized carbons (Fsp3) is 0.357. The van der Waals surface area contributed by atoms with Gasteiger partial charge in [-0.3, -0.25) is 0 Å². The molecular weight excluding hydrogens is 232 g/mol. The molecule has 0 aliphatic heterocycles. The van der Waals surface area contributed by atoms with Gasteiger partial charge < -0.3 is 14.6 Å². The van der Waals surface area contributed by atoms with Crippen LogP contribution in [0.3, 0.4) is 0 Å². The van der Waals surface area contributed by atoms with Crippen molar-refractivity contribution in [2.24, 2.45) is 0 Å². The second-order valence-corrected chi connectivity index (χ2v) is 3.58. The van der Waals surface area contributed by atoms with E-state index >= 15 is 0 Å². The van der Waals surface area contributed by atoms with E-state index in [1.807, 2.05) is 24.3 Å². The average Bonchev–Trinajstić information content (AvgIpc) is 2.37. The van der Waals surface area contributed by atoms with Crippen molar-refractivity contribution in [1.29, 1.82) is 0 Å². The largest absolute Gasteiger partial charge is 0.490 e. The molecule has 0 unspecified atom stereocenters. The molecule has 0 aromatic heterocycles. The van der Waals surface area contributed by atoms with Crippen LogP contribution in [-0.4, -0.2) is 30.9 Å². The van der Waals surface area contributed by atoms with Gasteiger partial charge in [-0.15, -0.1) is 0 Å². The van der Waals surface area contributed by atoms with Crippen LogP contribution in [0, 0.1) is 0 Å². The van der Waals surface area contributed by atoms with Crippen molar-refractivity contribution in [3.63, 3.8) is 0 Å². The molecule has 0 aliphatic rings. The van der Waals surface area contributed by atoms with Crippen molar-refractivity contribution < 1.29 is 19.4 Å². The number of aliphatic hydroxyl groups excluding tert-OH is 1. The standard InChI is InChI=1S/C14H18O4/c1-2-17-14(16)4-3-11-18-13-7-5-12(6-8-13)9-10-15/h3-8,15H,2,9-11H2,1H3/b4-3+. The third-order valence-corrected chi connectivity index (χ3v) is 2.21. The Labute approximate surface area is 107 Å². The van der Waals surface area contributed by atoms with Gasteiger partial charge in [-0.05, 0) is 37.1 Å². The monoisotopic (exact) mass is 250 g/mol. The van der Waals surface area contributed by atoms with E-state index in [9.17, 15) is 4.79 Å². The van der Waals surface area contributed by atoms with Crippen LogP contribution in [0.5, 0.6) is 5.75 Å². The van der Waals surface area contributed by atoms with Gasteiger partial charge in [-0.1, -0.05) is 12.1 Å². The molecule has 1 N–H and O–H groups in total. The van der Waals surface area contributed by atoms with E-state index in [-0.39, 0.29) is 12.6 Å². The Bertz CT molecular complexity index is 381. The first-order chi connectivity index (χ1) is 8.76. The highest BCUT2D eigenvalue weighted by Gasteiger charge is 1.95. The van der Waals surface area contributed by atoms with Gasteiger partial charge in [0.15, 0.2) is 0 Å². The molecule has 1 aromatic carbocycles. The first-order valence-electron chi connectivity index (χ1n) is 5.92. The van der Waals surface area contributed by atoms with Crippen molar-refractivity contribution in [2.45, 2.75) is 13.3 Å². The highest BCUT2D eigenvalue weighted by atomic mass is 16.5. The van der Waals surface area contributed by atoms with Crippen LogP contribution in [0.2, 0.25) is 0 Å². The molecule has 4 heteroatoms. The fourth-order valence-corrected chi connectivity index (χ4v) is 1.36. The Kier molecular flexibility index (Phi) is 6.58. The highest BCUT2D eigenvalue weighted by molar-refractivity contribution is 5.81. The quantitative estimate of drug-likeness (QED) is 0.591. The highest BCUT2D eigenvalue weighted by Crippen LogP contribution is 2.12. The Morgan fingerprint density at radius 2 is 2.06 bits per heavy atom. The first kappa shape index (κ1) is 14.3. The maximum absolute atomic E-state index is 11.0. The van der Waals surface area contributed by atoms with Crippen LogP contribution in [0.1, 0.15) is 12.5 Å². The van der Waals surface area contributed by atoms with Gasteiger partial charge in [0, 0.05) is 12.7 Å². The van der Waals surface area contributed by atoms with Crippen LogP contribution >= 0.6 is 0 Å². The van der Waals surface area contributed by atoms with Crippen LogP contribution in [0.25, 0.3) is 0 Å². The SMILES string of the molecule is CCOC(=O)/C=C/COc1ccc(CCO)cc1. The van der Waals surface area contributed by atoms with Crippen LogP contribution in [0.4, 0.5) is 0 Å². The van der Waals surface area contributed by atoms with Gasteiger partial charge >= 0.3 is 5.97 Å². The zero-order valence-electron chi connectivity index (χ0n) is 10.5. The third-order valence-electron chi connectivity index (χ3n) is 2.21. The molecule has 1 rings (SSSR count). The number of rotatable bonds is 7. The Morgan fingerprint density at radius 3 is 2.67 bits per heavy atom. The van der Waals surface area contributed by atoms with Gasteiger partial charge in [0.1, 0.15) is 12.4 Å². The third kappa shape index (κ3) is 5.50. The van der Waals surface area contributed by atoms with Crippen LogP contribution in [-0.2, 0) is 16.0 Å². The molecule has 0 bridgehead atoms. The van der Waals surface area contributed by atoms with E-state index in [1.54, 1.807) is 13.0 Å². The Hall–Kier alpha value is -1.81. The summed E-state index contributed by atoms with van der Waals surface area (Å²) in [6.45, 7) is 2.59. The van der Waals surface area contributed by atoms with E-state index < -0.39 is 0 Å². The number of ether oxygens (including phenoxy) is 2. The predicted octanol–water partition coefficient (Wildman–Crippen LogP) is 1.72. The lowest BCUT2D eigenvalue weighted by atomic mass is 10.1. The number of hydrogen-bond donors (Lipinski definition) is 1. The maximum atomic E-state index is 11.0. The van der Waals surface area contributed by atoms with Gasteiger partial charge in [0.2, 0.25) is 0 Å². The normalized spacial score (nSPS) is 10.6. The number of benzene rings is 1. The van der Waals surface area contributed by atoms with Crippen molar-refractivity contribution in [3.8, 4) is 5.75 Å². The molecule has 0 saturated heterocycles. The topological polar surface area (TPSA) is 55.8 Å².